The lowest BCUT2D eigenvalue weighted by atomic mass is 10.1. The minimum absolute atomic E-state index is 0.0119. The van der Waals surface area contributed by atoms with Gasteiger partial charge in [0, 0.05) is 23.6 Å². The highest BCUT2D eigenvalue weighted by molar-refractivity contribution is 7.80. The second-order valence-corrected chi connectivity index (χ2v) is 6.45. The number of rotatable bonds is 6. The average Bonchev–Trinajstić information content (AvgIpc) is 2.69. The van der Waals surface area contributed by atoms with Gasteiger partial charge in [0.15, 0.2) is 5.11 Å². The average molecular weight is 381 g/mol. The SMILES string of the molecule is CC(NC(=S)Nc1ccc(F)cc1)c1ccc(OCc2cccnc2)cc1. The number of nitrogens with one attached hydrogen (secondary N) is 2. The number of hydrogen-bond donors (Lipinski definition) is 2. The van der Waals surface area contributed by atoms with Gasteiger partial charge >= 0.3 is 0 Å². The molecule has 1 aromatic heterocycles. The standard InChI is InChI=1S/C21H20FN3OS/c1-15(24-21(27)25-19-8-6-18(22)7-9-19)17-4-10-20(11-5-17)26-14-16-3-2-12-23-13-16/h2-13,15H,14H2,1H3,(H2,24,25,27). The molecule has 0 saturated carbocycles. The molecule has 138 valence electrons. The van der Waals surface area contributed by atoms with Gasteiger partial charge in [-0.3, -0.25) is 4.98 Å². The van der Waals surface area contributed by atoms with Crippen molar-refractivity contribution in [3.63, 3.8) is 0 Å². The fourth-order valence-corrected chi connectivity index (χ4v) is 2.78. The molecule has 0 fully saturated rings. The van der Waals surface area contributed by atoms with Crippen LogP contribution in [0.2, 0.25) is 0 Å². The van der Waals surface area contributed by atoms with Gasteiger partial charge in [0.2, 0.25) is 0 Å². The van der Waals surface area contributed by atoms with Crippen molar-refractivity contribution in [3.05, 3.63) is 90.0 Å². The molecule has 0 amide bonds. The van der Waals surface area contributed by atoms with E-state index in [1.54, 1.807) is 24.5 Å². The Morgan fingerprint density at radius 1 is 1.11 bits per heavy atom. The topological polar surface area (TPSA) is 46.2 Å². The van der Waals surface area contributed by atoms with Gasteiger partial charge in [-0.15, -0.1) is 0 Å². The highest BCUT2D eigenvalue weighted by atomic mass is 32.1. The summed E-state index contributed by atoms with van der Waals surface area (Å²) < 4.78 is 18.7. The van der Waals surface area contributed by atoms with Crippen LogP contribution >= 0.6 is 12.2 Å². The first-order valence-electron chi connectivity index (χ1n) is 8.55. The number of hydrogen-bond acceptors (Lipinski definition) is 3. The van der Waals surface area contributed by atoms with Crippen LogP contribution in [-0.4, -0.2) is 10.1 Å². The molecule has 0 aliphatic carbocycles. The summed E-state index contributed by atoms with van der Waals surface area (Å²) in [4.78, 5) is 4.07. The van der Waals surface area contributed by atoms with Gasteiger partial charge < -0.3 is 15.4 Å². The van der Waals surface area contributed by atoms with E-state index >= 15 is 0 Å². The zero-order valence-electron chi connectivity index (χ0n) is 14.9. The van der Waals surface area contributed by atoms with E-state index < -0.39 is 0 Å². The molecular weight excluding hydrogens is 361 g/mol. The highest BCUT2D eigenvalue weighted by Gasteiger charge is 2.08. The van der Waals surface area contributed by atoms with Crippen LogP contribution in [0.25, 0.3) is 0 Å². The Morgan fingerprint density at radius 2 is 1.85 bits per heavy atom. The summed E-state index contributed by atoms with van der Waals surface area (Å²) in [5, 5.41) is 6.73. The van der Waals surface area contributed by atoms with E-state index in [-0.39, 0.29) is 11.9 Å². The lowest BCUT2D eigenvalue weighted by molar-refractivity contribution is 0.305. The van der Waals surface area contributed by atoms with E-state index in [1.165, 1.54) is 12.1 Å². The fourth-order valence-electron chi connectivity index (χ4n) is 2.48. The van der Waals surface area contributed by atoms with Crippen molar-refractivity contribution in [2.75, 3.05) is 5.32 Å². The molecule has 0 aliphatic rings. The number of nitrogens with zero attached hydrogens (tertiary/aromatic N) is 1. The van der Waals surface area contributed by atoms with Gasteiger partial charge in [-0.1, -0.05) is 18.2 Å². The maximum atomic E-state index is 12.9. The van der Waals surface area contributed by atoms with E-state index in [1.807, 2.05) is 43.3 Å². The number of pyridine rings is 1. The van der Waals surface area contributed by atoms with Gasteiger partial charge in [-0.05, 0) is 67.2 Å². The van der Waals surface area contributed by atoms with Crippen molar-refractivity contribution in [1.82, 2.24) is 10.3 Å². The molecule has 0 saturated heterocycles. The fraction of sp³-hybridized carbons (Fsp3) is 0.143. The van der Waals surface area contributed by atoms with E-state index in [9.17, 15) is 4.39 Å². The molecule has 3 aromatic rings. The minimum atomic E-state index is -0.279. The molecule has 3 rings (SSSR count). The largest absolute Gasteiger partial charge is 0.489 e. The number of anilines is 1. The van der Waals surface area contributed by atoms with E-state index in [4.69, 9.17) is 17.0 Å². The molecule has 0 radical (unpaired) electrons. The molecule has 0 aliphatic heterocycles. The van der Waals surface area contributed by atoms with Crippen molar-refractivity contribution in [3.8, 4) is 5.75 Å². The number of benzene rings is 2. The summed E-state index contributed by atoms with van der Waals surface area (Å²) in [7, 11) is 0. The van der Waals surface area contributed by atoms with Crippen molar-refractivity contribution in [2.24, 2.45) is 0 Å². The van der Waals surface area contributed by atoms with Gasteiger partial charge in [-0.2, -0.15) is 0 Å². The van der Waals surface area contributed by atoms with Crippen LogP contribution in [0, 0.1) is 5.82 Å². The second-order valence-electron chi connectivity index (χ2n) is 6.05. The molecule has 1 atom stereocenters. The number of thiocarbonyl (C=S) groups is 1. The third-order valence-electron chi connectivity index (χ3n) is 3.96. The quantitative estimate of drug-likeness (QED) is 0.598. The Bertz CT molecular complexity index is 870. The minimum Gasteiger partial charge on any atom is -0.489 e. The van der Waals surface area contributed by atoms with E-state index in [2.05, 4.69) is 15.6 Å². The van der Waals surface area contributed by atoms with Crippen LogP contribution in [0.15, 0.2) is 73.1 Å². The first kappa shape index (κ1) is 18.8. The molecule has 1 unspecified atom stereocenters. The van der Waals surface area contributed by atoms with Crippen LogP contribution in [-0.2, 0) is 6.61 Å². The van der Waals surface area contributed by atoms with Crippen molar-refractivity contribution in [2.45, 2.75) is 19.6 Å². The van der Waals surface area contributed by atoms with Crippen LogP contribution in [0.1, 0.15) is 24.1 Å². The van der Waals surface area contributed by atoms with E-state index in [0.717, 1.165) is 22.6 Å². The zero-order valence-corrected chi connectivity index (χ0v) is 15.7. The van der Waals surface area contributed by atoms with Gasteiger partial charge in [0.05, 0.1) is 6.04 Å². The summed E-state index contributed by atoms with van der Waals surface area (Å²) >= 11 is 5.32. The Hall–Kier alpha value is -2.99. The summed E-state index contributed by atoms with van der Waals surface area (Å²) in [6.07, 6.45) is 3.53. The summed E-state index contributed by atoms with van der Waals surface area (Å²) in [6.45, 7) is 2.50. The van der Waals surface area contributed by atoms with E-state index in [0.29, 0.717) is 11.7 Å². The second kappa shape index (κ2) is 9.09. The first-order valence-corrected chi connectivity index (χ1v) is 8.96. The lowest BCUT2D eigenvalue weighted by Crippen LogP contribution is -2.30. The highest BCUT2D eigenvalue weighted by Crippen LogP contribution is 2.19. The number of ether oxygens (including phenoxy) is 1. The number of aromatic nitrogens is 1. The van der Waals surface area contributed by atoms with Gasteiger partial charge in [-0.25, -0.2) is 4.39 Å². The number of halogens is 1. The Morgan fingerprint density at radius 3 is 2.52 bits per heavy atom. The normalized spacial score (nSPS) is 11.5. The van der Waals surface area contributed by atoms with Crippen molar-refractivity contribution < 1.29 is 9.13 Å². The lowest BCUT2D eigenvalue weighted by Gasteiger charge is -2.18. The molecule has 4 nitrogen and oxygen atoms in total. The Kier molecular flexibility index (Phi) is 6.33. The summed E-state index contributed by atoms with van der Waals surface area (Å²) in [5.74, 6) is 0.514. The third kappa shape index (κ3) is 5.76. The monoisotopic (exact) mass is 381 g/mol. The molecule has 0 bridgehead atoms. The van der Waals surface area contributed by atoms with Crippen LogP contribution < -0.4 is 15.4 Å². The zero-order chi connectivity index (χ0) is 19.1. The predicted octanol–water partition coefficient (Wildman–Crippen LogP) is 4.85. The maximum absolute atomic E-state index is 12.9. The van der Waals surface area contributed by atoms with Crippen LogP contribution in [0.5, 0.6) is 5.75 Å². The van der Waals surface area contributed by atoms with Crippen LogP contribution in [0.4, 0.5) is 10.1 Å². The third-order valence-corrected chi connectivity index (χ3v) is 4.18. The van der Waals surface area contributed by atoms with Crippen molar-refractivity contribution >= 4 is 23.0 Å². The molecule has 2 aromatic carbocycles. The first-order chi connectivity index (χ1) is 13.1. The van der Waals surface area contributed by atoms with Crippen LogP contribution in [0.3, 0.4) is 0 Å². The summed E-state index contributed by atoms with van der Waals surface area (Å²) in [5.41, 5.74) is 2.83. The smallest absolute Gasteiger partial charge is 0.171 e. The molecule has 2 N–H and O–H groups in total. The van der Waals surface area contributed by atoms with Gasteiger partial charge in [0.1, 0.15) is 18.2 Å². The Labute approximate surface area is 163 Å². The summed E-state index contributed by atoms with van der Waals surface area (Å²) in [6, 6.07) is 17.8. The van der Waals surface area contributed by atoms with Crippen molar-refractivity contribution in [1.29, 1.82) is 0 Å². The molecule has 1 heterocycles. The van der Waals surface area contributed by atoms with Gasteiger partial charge in [0.25, 0.3) is 0 Å². The molecule has 27 heavy (non-hydrogen) atoms. The predicted molar refractivity (Wildman–Crippen MR) is 109 cm³/mol. The molecule has 6 heteroatoms. The molecular formula is C21H20FN3OS. The molecule has 0 spiro atoms. The Balaban J connectivity index is 1.51. The maximum Gasteiger partial charge on any atom is 0.171 e.